The SMILES string of the molecule is CC1CCCN(C(=O)[C@H](C)c2ccc(Nc3nc(-c4c(F)cccc4F)nc4c3C(=O)NC4)cc2)C1. The number of rotatable bonds is 5. The zero-order valence-electron chi connectivity index (χ0n) is 20.1. The van der Waals surface area contributed by atoms with Gasteiger partial charge in [-0.15, -0.1) is 0 Å². The molecule has 7 nitrogen and oxygen atoms in total. The maximum absolute atomic E-state index is 14.4. The van der Waals surface area contributed by atoms with Gasteiger partial charge in [-0.3, -0.25) is 9.59 Å². The number of halogens is 2. The van der Waals surface area contributed by atoms with E-state index in [4.69, 9.17) is 0 Å². The lowest BCUT2D eigenvalue weighted by Gasteiger charge is -2.33. The summed E-state index contributed by atoms with van der Waals surface area (Å²) in [5, 5.41) is 5.77. The Balaban J connectivity index is 1.41. The van der Waals surface area contributed by atoms with Crippen LogP contribution in [-0.2, 0) is 11.3 Å². The first kappa shape index (κ1) is 23.8. The first-order valence-electron chi connectivity index (χ1n) is 12.1. The van der Waals surface area contributed by atoms with Crippen molar-refractivity contribution in [1.82, 2.24) is 20.2 Å². The lowest BCUT2D eigenvalue weighted by Crippen LogP contribution is -2.41. The molecule has 36 heavy (non-hydrogen) atoms. The molecule has 2 aliphatic rings. The van der Waals surface area contributed by atoms with Gasteiger partial charge in [-0.2, -0.15) is 0 Å². The molecule has 2 amide bonds. The maximum Gasteiger partial charge on any atom is 0.257 e. The minimum absolute atomic E-state index is 0.115. The van der Waals surface area contributed by atoms with E-state index in [1.54, 1.807) is 12.1 Å². The second-order valence-corrected chi connectivity index (χ2v) is 9.50. The topological polar surface area (TPSA) is 87.2 Å². The molecule has 2 aliphatic heterocycles. The second-order valence-electron chi connectivity index (χ2n) is 9.50. The van der Waals surface area contributed by atoms with Gasteiger partial charge in [-0.1, -0.05) is 25.1 Å². The highest BCUT2D eigenvalue weighted by molar-refractivity contribution is 6.03. The van der Waals surface area contributed by atoms with E-state index in [1.807, 2.05) is 24.0 Å². The van der Waals surface area contributed by atoms with Gasteiger partial charge in [-0.05, 0) is 55.5 Å². The Kier molecular flexibility index (Phi) is 6.38. The van der Waals surface area contributed by atoms with Crippen molar-refractivity contribution in [3.8, 4) is 11.4 Å². The molecule has 1 aromatic heterocycles. The van der Waals surface area contributed by atoms with Crippen LogP contribution in [0.3, 0.4) is 0 Å². The molecule has 0 radical (unpaired) electrons. The minimum Gasteiger partial charge on any atom is -0.346 e. The molecule has 0 aliphatic carbocycles. The number of nitrogens with zero attached hydrogens (tertiary/aromatic N) is 3. The smallest absolute Gasteiger partial charge is 0.257 e. The molecule has 3 aromatic rings. The molecule has 0 spiro atoms. The molecule has 0 bridgehead atoms. The number of nitrogens with one attached hydrogen (secondary N) is 2. The van der Waals surface area contributed by atoms with Crippen LogP contribution in [0.5, 0.6) is 0 Å². The largest absolute Gasteiger partial charge is 0.346 e. The van der Waals surface area contributed by atoms with Gasteiger partial charge in [0.25, 0.3) is 5.91 Å². The van der Waals surface area contributed by atoms with E-state index in [0.29, 0.717) is 17.3 Å². The van der Waals surface area contributed by atoms with Crippen LogP contribution in [0.1, 0.15) is 54.2 Å². The van der Waals surface area contributed by atoms with E-state index in [9.17, 15) is 18.4 Å². The van der Waals surface area contributed by atoms with Crippen LogP contribution in [0.15, 0.2) is 42.5 Å². The van der Waals surface area contributed by atoms with Crippen molar-refractivity contribution in [2.24, 2.45) is 5.92 Å². The highest BCUT2D eigenvalue weighted by Crippen LogP contribution is 2.31. The average molecular weight is 492 g/mol. The van der Waals surface area contributed by atoms with Gasteiger partial charge in [0.1, 0.15) is 23.0 Å². The summed E-state index contributed by atoms with van der Waals surface area (Å²) in [6.07, 6.45) is 2.17. The van der Waals surface area contributed by atoms with Crippen molar-refractivity contribution in [2.75, 3.05) is 18.4 Å². The number of benzene rings is 2. The summed E-state index contributed by atoms with van der Waals surface area (Å²) in [5.41, 5.74) is 1.75. The molecule has 1 unspecified atom stereocenters. The van der Waals surface area contributed by atoms with E-state index in [-0.39, 0.29) is 47.0 Å². The Labute approximate surface area is 208 Å². The normalized spacial score (nSPS) is 17.9. The molecular formula is C27H27F2N5O2. The number of likely N-dealkylation sites (tertiary alicyclic amines) is 1. The van der Waals surface area contributed by atoms with Crippen molar-refractivity contribution in [3.05, 3.63) is 70.9 Å². The van der Waals surface area contributed by atoms with Gasteiger partial charge in [0.2, 0.25) is 5.91 Å². The van der Waals surface area contributed by atoms with Crippen LogP contribution in [0, 0.1) is 17.6 Å². The fraction of sp³-hybridized carbons (Fsp3) is 0.333. The fourth-order valence-electron chi connectivity index (χ4n) is 4.84. The van der Waals surface area contributed by atoms with Gasteiger partial charge in [0.05, 0.1) is 23.7 Å². The lowest BCUT2D eigenvalue weighted by molar-refractivity contribution is -0.134. The monoisotopic (exact) mass is 491 g/mol. The van der Waals surface area contributed by atoms with E-state index in [0.717, 1.165) is 43.6 Å². The number of carbonyl (C=O) groups is 2. The quantitative estimate of drug-likeness (QED) is 0.537. The number of anilines is 2. The first-order valence-corrected chi connectivity index (χ1v) is 12.1. The minimum atomic E-state index is -0.788. The molecular weight excluding hydrogens is 464 g/mol. The van der Waals surface area contributed by atoms with Crippen molar-refractivity contribution < 1.29 is 18.4 Å². The van der Waals surface area contributed by atoms with Crippen LogP contribution in [-0.4, -0.2) is 39.8 Å². The molecule has 2 atom stereocenters. The van der Waals surface area contributed by atoms with Gasteiger partial charge in [0.15, 0.2) is 5.82 Å². The zero-order chi connectivity index (χ0) is 25.4. The molecule has 3 heterocycles. The Hall–Kier alpha value is -3.88. The third-order valence-corrected chi connectivity index (χ3v) is 6.83. The standard InChI is InChI=1S/C27H27F2N5O2/c1-15-5-4-12-34(14-15)27(36)16(2)17-8-10-18(11-9-17)31-25-23-21(13-30-26(23)35)32-24(33-25)22-19(28)6-3-7-20(22)29/h3,6-11,15-16H,4-5,12-14H2,1-2H3,(H,30,35)(H,31,32,33)/t15?,16-/m1/s1. The number of hydrogen-bond acceptors (Lipinski definition) is 5. The summed E-state index contributed by atoms with van der Waals surface area (Å²) in [4.78, 5) is 35.9. The van der Waals surface area contributed by atoms with Crippen molar-refractivity contribution in [2.45, 2.75) is 39.2 Å². The number of carbonyl (C=O) groups excluding carboxylic acids is 2. The zero-order valence-corrected chi connectivity index (χ0v) is 20.1. The highest BCUT2D eigenvalue weighted by atomic mass is 19.1. The van der Waals surface area contributed by atoms with Crippen LogP contribution < -0.4 is 10.6 Å². The molecule has 5 rings (SSSR count). The van der Waals surface area contributed by atoms with Gasteiger partial charge in [-0.25, -0.2) is 18.7 Å². The Morgan fingerprint density at radius 2 is 1.83 bits per heavy atom. The van der Waals surface area contributed by atoms with Crippen LogP contribution in [0.2, 0.25) is 0 Å². The van der Waals surface area contributed by atoms with E-state index < -0.39 is 11.6 Å². The van der Waals surface area contributed by atoms with E-state index in [2.05, 4.69) is 27.5 Å². The average Bonchev–Trinajstić information content (AvgIpc) is 3.24. The molecule has 9 heteroatoms. The molecule has 186 valence electrons. The van der Waals surface area contributed by atoms with Gasteiger partial charge in [0, 0.05) is 18.8 Å². The lowest BCUT2D eigenvalue weighted by atomic mass is 9.95. The van der Waals surface area contributed by atoms with E-state index >= 15 is 0 Å². The summed E-state index contributed by atoms with van der Waals surface area (Å²) in [6.45, 7) is 5.79. The summed E-state index contributed by atoms with van der Waals surface area (Å²) in [6, 6.07) is 10.8. The van der Waals surface area contributed by atoms with Crippen molar-refractivity contribution >= 4 is 23.3 Å². The molecule has 2 aromatic carbocycles. The molecule has 2 N–H and O–H groups in total. The van der Waals surface area contributed by atoms with Gasteiger partial charge >= 0.3 is 0 Å². The Morgan fingerprint density at radius 1 is 1.11 bits per heavy atom. The number of amides is 2. The third kappa shape index (κ3) is 4.53. The fourth-order valence-corrected chi connectivity index (χ4v) is 4.84. The highest BCUT2D eigenvalue weighted by Gasteiger charge is 2.29. The van der Waals surface area contributed by atoms with Crippen LogP contribution >= 0.6 is 0 Å². The molecule has 1 saturated heterocycles. The predicted octanol–water partition coefficient (Wildman–Crippen LogP) is 4.77. The molecule has 1 fully saturated rings. The van der Waals surface area contributed by atoms with Gasteiger partial charge < -0.3 is 15.5 Å². The van der Waals surface area contributed by atoms with E-state index in [1.165, 1.54) is 6.07 Å². The number of piperidine rings is 1. The van der Waals surface area contributed by atoms with Crippen LogP contribution in [0.4, 0.5) is 20.3 Å². The Morgan fingerprint density at radius 3 is 2.53 bits per heavy atom. The summed E-state index contributed by atoms with van der Waals surface area (Å²) in [7, 11) is 0. The Bertz CT molecular complexity index is 1310. The number of aromatic nitrogens is 2. The predicted molar refractivity (Wildman–Crippen MR) is 132 cm³/mol. The summed E-state index contributed by atoms with van der Waals surface area (Å²) < 4.78 is 28.8. The summed E-state index contributed by atoms with van der Waals surface area (Å²) >= 11 is 0. The maximum atomic E-state index is 14.4. The van der Waals surface area contributed by atoms with Crippen molar-refractivity contribution in [3.63, 3.8) is 0 Å². The number of hydrogen-bond donors (Lipinski definition) is 2. The number of fused-ring (bicyclic) bond motifs is 1. The third-order valence-electron chi connectivity index (χ3n) is 6.83. The first-order chi connectivity index (χ1) is 17.3. The second kappa shape index (κ2) is 9.64. The van der Waals surface area contributed by atoms with Crippen molar-refractivity contribution in [1.29, 1.82) is 0 Å². The van der Waals surface area contributed by atoms with Crippen LogP contribution in [0.25, 0.3) is 11.4 Å². The summed E-state index contributed by atoms with van der Waals surface area (Å²) in [5.74, 6) is -1.58. The molecule has 0 saturated carbocycles.